The van der Waals surface area contributed by atoms with Crippen LogP contribution in [0, 0.1) is 5.92 Å². The highest BCUT2D eigenvalue weighted by Gasteiger charge is 2.15. The highest BCUT2D eigenvalue weighted by atomic mass is 14.9. The van der Waals surface area contributed by atoms with E-state index in [4.69, 9.17) is 0 Å². The van der Waals surface area contributed by atoms with Crippen LogP contribution in [0.25, 0.3) is 0 Å². The van der Waals surface area contributed by atoms with Gasteiger partial charge >= 0.3 is 0 Å². The molecule has 1 N–H and O–H groups in total. The van der Waals surface area contributed by atoms with Crippen molar-refractivity contribution in [1.29, 1.82) is 0 Å². The average Bonchev–Trinajstić information content (AvgIpc) is 2.64. The van der Waals surface area contributed by atoms with Gasteiger partial charge in [-0.2, -0.15) is 0 Å². The summed E-state index contributed by atoms with van der Waals surface area (Å²) in [5.41, 5.74) is 0. The zero-order valence-corrected chi connectivity index (χ0v) is 8.89. The van der Waals surface area contributed by atoms with Crippen molar-refractivity contribution in [3.63, 3.8) is 0 Å². The van der Waals surface area contributed by atoms with E-state index in [0.717, 1.165) is 12.5 Å². The fourth-order valence-corrected chi connectivity index (χ4v) is 2.28. The smallest absolute Gasteiger partial charge is 0.0247 e. The fourth-order valence-electron chi connectivity index (χ4n) is 2.28. The molecule has 13 heavy (non-hydrogen) atoms. The molecular formula is C12H23N. The van der Waals surface area contributed by atoms with Crippen molar-refractivity contribution in [2.24, 2.45) is 5.92 Å². The first kappa shape index (κ1) is 10.8. The zero-order chi connectivity index (χ0) is 9.52. The minimum absolute atomic E-state index is 0.547. The van der Waals surface area contributed by atoms with Gasteiger partial charge < -0.3 is 5.32 Å². The van der Waals surface area contributed by atoms with Crippen molar-refractivity contribution in [2.45, 2.75) is 51.5 Å². The van der Waals surface area contributed by atoms with Crippen LogP contribution in [0.1, 0.15) is 45.4 Å². The molecule has 0 aromatic rings. The van der Waals surface area contributed by atoms with Gasteiger partial charge in [0, 0.05) is 6.04 Å². The summed E-state index contributed by atoms with van der Waals surface area (Å²) in [4.78, 5) is 0. The Morgan fingerprint density at radius 2 is 2.15 bits per heavy atom. The van der Waals surface area contributed by atoms with Crippen molar-refractivity contribution in [1.82, 2.24) is 5.32 Å². The third-order valence-electron chi connectivity index (χ3n) is 3.11. The normalized spacial score (nSPS) is 20.4. The van der Waals surface area contributed by atoms with Crippen molar-refractivity contribution in [2.75, 3.05) is 6.54 Å². The fraction of sp³-hybridized carbons (Fsp3) is 0.833. The standard InChI is InChI=1S/C12H23N/c1-3-12(13-4-2)10-9-11-7-5-6-8-11/h3,11-13H,1,4-10H2,2H3. The van der Waals surface area contributed by atoms with E-state index >= 15 is 0 Å². The van der Waals surface area contributed by atoms with E-state index in [1.54, 1.807) is 0 Å². The molecule has 1 saturated carbocycles. The third kappa shape index (κ3) is 3.95. The molecule has 1 heteroatoms. The SMILES string of the molecule is C=CC(CCC1CCCC1)NCC. The average molecular weight is 181 g/mol. The van der Waals surface area contributed by atoms with Crippen LogP contribution >= 0.6 is 0 Å². The lowest BCUT2D eigenvalue weighted by Gasteiger charge is -2.15. The van der Waals surface area contributed by atoms with Crippen molar-refractivity contribution < 1.29 is 0 Å². The summed E-state index contributed by atoms with van der Waals surface area (Å²) in [7, 11) is 0. The Hall–Kier alpha value is -0.300. The Morgan fingerprint density at radius 1 is 1.46 bits per heavy atom. The Bertz CT molecular complexity index is 136. The predicted octanol–water partition coefficient (Wildman–Crippen LogP) is 3.12. The first-order valence-electron chi connectivity index (χ1n) is 5.72. The quantitative estimate of drug-likeness (QED) is 0.621. The molecule has 76 valence electrons. The Morgan fingerprint density at radius 3 is 2.69 bits per heavy atom. The minimum atomic E-state index is 0.547. The van der Waals surface area contributed by atoms with Crippen LogP contribution < -0.4 is 5.32 Å². The first-order valence-corrected chi connectivity index (χ1v) is 5.72. The molecule has 0 aliphatic heterocycles. The molecule has 0 bridgehead atoms. The minimum Gasteiger partial charge on any atom is -0.311 e. The molecule has 1 aliphatic rings. The second-order valence-corrected chi connectivity index (χ2v) is 4.13. The van der Waals surface area contributed by atoms with Crippen molar-refractivity contribution >= 4 is 0 Å². The van der Waals surface area contributed by atoms with Gasteiger partial charge in [-0.05, 0) is 25.3 Å². The van der Waals surface area contributed by atoms with Crippen LogP contribution in [0.15, 0.2) is 12.7 Å². The van der Waals surface area contributed by atoms with Crippen LogP contribution in [0.5, 0.6) is 0 Å². The molecule has 0 heterocycles. The van der Waals surface area contributed by atoms with Gasteiger partial charge in [-0.25, -0.2) is 0 Å². The number of nitrogens with one attached hydrogen (secondary N) is 1. The van der Waals surface area contributed by atoms with Crippen LogP contribution in [-0.2, 0) is 0 Å². The zero-order valence-electron chi connectivity index (χ0n) is 8.89. The molecule has 0 saturated heterocycles. The van der Waals surface area contributed by atoms with Gasteiger partial charge in [0.05, 0.1) is 0 Å². The molecule has 0 spiro atoms. The van der Waals surface area contributed by atoms with Gasteiger partial charge in [-0.3, -0.25) is 0 Å². The maximum atomic E-state index is 3.86. The highest BCUT2D eigenvalue weighted by Crippen LogP contribution is 2.28. The van der Waals surface area contributed by atoms with E-state index in [1.807, 2.05) is 0 Å². The monoisotopic (exact) mass is 181 g/mol. The van der Waals surface area contributed by atoms with Gasteiger partial charge in [0.1, 0.15) is 0 Å². The molecule has 1 fully saturated rings. The van der Waals surface area contributed by atoms with Gasteiger partial charge in [0.2, 0.25) is 0 Å². The summed E-state index contributed by atoms with van der Waals surface area (Å²) in [5.74, 6) is 1.01. The molecule has 0 radical (unpaired) electrons. The molecule has 1 nitrogen and oxygen atoms in total. The van der Waals surface area contributed by atoms with Crippen LogP contribution in [0.4, 0.5) is 0 Å². The van der Waals surface area contributed by atoms with Crippen LogP contribution in [-0.4, -0.2) is 12.6 Å². The number of hydrogen-bond donors (Lipinski definition) is 1. The van der Waals surface area contributed by atoms with Gasteiger partial charge in [-0.15, -0.1) is 6.58 Å². The molecule has 1 rings (SSSR count). The number of hydrogen-bond acceptors (Lipinski definition) is 1. The largest absolute Gasteiger partial charge is 0.311 e. The summed E-state index contributed by atoms with van der Waals surface area (Å²) in [5, 5.41) is 3.44. The van der Waals surface area contributed by atoms with E-state index in [1.165, 1.54) is 38.5 Å². The second kappa shape index (κ2) is 6.20. The van der Waals surface area contributed by atoms with Gasteiger partial charge in [0.25, 0.3) is 0 Å². The summed E-state index contributed by atoms with van der Waals surface area (Å²) < 4.78 is 0. The summed E-state index contributed by atoms with van der Waals surface area (Å²) in [6.07, 6.45) is 10.6. The second-order valence-electron chi connectivity index (χ2n) is 4.13. The van der Waals surface area contributed by atoms with E-state index in [-0.39, 0.29) is 0 Å². The molecule has 0 amide bonds. The Balaban J connectivity index is 2.10. The highest BCUT2D eigenvalue weighted by molar-refractivity contribution is 4.86. The lowest BCUT2D eigenvalue weighted by Crippen LogP contribution is -2.26. The number of rotatable bonds is 6. The molecule has 1 unspecified atom stereocenters. The maximum absolute atomic E-state index is 3.86. The number of likely N-dealkylation sites (N-methyl/N-ethyl adjacent to an activating group) is 1. The molecule has 0 aromatic heterocycles. The Labute approximate surface area is 82.6 Å². The lowest BCUT2D eigenvalue weighted by atomic mass is 9.98. The van der Waals surface area contributed by atoms with Crippen molar-refractivity contribution in [3.8, 4) is 0 Å². The van der Waals surface area contributed by atoms with E-state index in [2.05, 4.69) is 24.9 Å². The summed E-state index contributed by atoms with van der Waals surface area (Å²) in [6.45, 7) is 7.08. The first-order chi connectivity index (χ1) is 6.36. The molecule has 0 aromatic carbocycles. The van der Waals surface area contributed by atoms with Gasteiger partial charge in [0.15, 0.2) is 0 Å². The molecule has 1 atom stereocenters. The lowest BCUT2D eigenvalue weighted by molar-refractivity contribution is 0.443. The van der Waals surface area contributed by atoms with Crippen LogP contribution in [0.3, 0.4) is 0 Å². The Kier molecular flexibility index (Phi) is 5.14. The van der Waals surface area contributed by atoms with E-state index in [9.17, 15) is 0 Å². The summed E-state index contributed by atoms with van der Waals surface area (Å²) in [6, 6.07) is 0.547. The van der Waals surface area contributed by atoms with Crippen molar-refractivity contribution in [3.05, 3.63) is 12.7 Å². The van der Waals surface area contributed by atoms with E-state index in [0.29, 0.717) is 6.04 Å². The topological polar surface area (TPSA) is 12.0 Å². The van der Waals surface area contributed by atoms with Crippen LogP contribution in [0.2, 0.25) is 0 Å². The maximum Gasteiger partial charge on any atom is 0.0247 e. The predicted molar refractivity (Wildman–Crippen MR) is 58.9 cm³/mol. The molecular weight excluding hydrogens is 158 g/mol. The molecule has 1 aliphatic carbocycles. The van der Waals surface area contributed by atoms with E-state index < -0.39 is 0 Å². The third-order valence-corrected chi connectivity index (χ3v) is 3.11. The summed E-state index contributed by atoms with van der Waals surface area (Å²) >= 11 is 0. The van der Waals surface area contributed by atoms with Gasteiger partial charge in [-0.1, -0.05) is 38.7 Å².